The Morgan fingerprint density at radius 1 is 1.56 bits per heavy atom. The molecule has 1 aromatic rings. The summed E-state index contributed by atoms with van der Waals surface area (Å²) in [6, 6.07) is 3.50. The minimum absolute atomic E-state index is 0.0450. The number of methoxy groups -OCH3 is 1. The van der Waals surface area contributed by atoms with Crippen molar-refractivity contribution in [1.82, 2.24) is 4.98 Å². The zero-order chi connectivity index (χ0) is 11.8. The molecule has 1 heterocycles. The lowest BCUT2D eigenvalue weighted by Crippen LogP contribution is -2.12. The Morgan fingerprint density at radius 2 is 2.38 bits per heavy atom. The van der Waals surface area contributed by atoms with Crippen LogP contribution in [0.3, 0.4) is 0 Å². The molecule has 0 unspecified atom stereocenters. The topological polar surface area (TPSA) is 51.2 Å². The number of ether oxygens (including phenoxy) is 1. The van der Waals surface area contributed by atoms with Crippen molar-refractivity contribution >= 4 is 23.2 Å². The number of aromatic nitrogens is 1. The molecule has 0 aromatic carbocycles. The molecule has 0 atom stereocenters. The summed E-state index contributed by atoms with van der Waals surface area (Å²) in [7, 11) is 1.52. The first-order valence-electron chi connectivity index (χ1n) is 5.12. The number of nitrogens with zero attached hydrogens (tertiary/aromatic N) is 1. The summed E-state index contributed by atoms with van der Waals surface area (Å²) >= 11 is 5.53. The lowest BCUT2D eigenvalue weighted by molar-refractivity contribution is -0.116. The van der Waals surface area contributed by atoms with E-state index in [0.29, 0.717) is 23.9 Å². The number of hydrogen-bond donors (Lipinski definition) is 1. The van der Waals surface area contributed by atoms with Crippen LogP contribution in [0.15, 0.2) is 18.3 Å². The average molecular weight is 243 g/mol. The van der Waals surface area contributed by atoms with E-state index in [9.17, 15) is 4.79 Å². The number of alkyl halides is 1. The van der Waals surface area contributed by atoms with Crippen molar-refractivity contribution < 1.29 is 9.53 Å². The van der Waals surface area contributed by atoms with Crippen LogP contribution in [-0.4, -0.2) is 23.9 Å². The Bertz CT molecular complexity index is 345. The van der Waals surface area contributed by atoms with Crippen molar-refractivity contribution in [3.8, 4) is 5.88 Å². The number of halogens is 1. The molecule has 0 bridgehead atoms. The number of hydrogen-bond acceptors (Lipinski definition) is 3. The van der Waals surface area contributed by atoms with Crippen LogP contribution >= 0.6 is 11.6 Å². The quantitative estimate of drug-likeness (QED) is 0.616. The maximum absolute atomic E-state index is 11.5. The van der Waals surface area contributed by atoms with Gasteiger partial charge >= 0.3 is 0 Å². The van der Waals surface area contributed by atoms with Gasteiger partial charge in [0.1, 0.15) is 5.69 Å². The van der Waals surface area contributed by atoms with Gasteiger partial charge in [0.2, 0.25) is 11.8 Å². The van der Waals surface area contributed by atoms with E-state index in [1.54, 1.807) is 18.3 Å². The molecule has 1 rings (SSSR count). The summed E-state index contributed by atoms with van der Waals surface area (Å²) in [5, 5.41) is 2.75. The molecule has 0 fully saturated rings. The lowest BCUT2D eigenvalue weighted by atomic mass is 10.2. The van der Waals surface area contributed by atoms with Crippen molar-refractivity contribution in [2.45, 2.75) is 19.3 Å². The number of amides is 1. The van der Waals surface area contributed by atoms with Gasteiger partial charge in [-0.25, -0.2) is 4.98 Å². The molecular weight excluding hydrogens is 228 g/mol. The van der Waals surface area contributed by atoms with E-state index in [1.165, 1.54) is 7.11 Å². The van der Waals surface area contributed by atoms with Crippen molar-refractivity contribution in [3.05, 3.63) is 18.3 Å². The third-order valence-electron chi connectivity index (χ3n) is 2.03. The Balaban J connectivity index is 2.49. The largest absolute Gasteiger partial charge is 0.480 e. The van der Waals surface area contributed by atoms with E-state index in [4.69, 9.17) is 16.3 Å². The second-order valence-electron chi connectivity index (χ2n) is 3.25. The van der Waals surface area contributed by atoms with Crippen molar-refractivity contribution in [3.63, 3.8) is 0 Å². The van der Waals surface area contributed by atoms with Crippen molar-refractivity contribution in [2.24, 2.45) is 0 Å². The van der Waals surface area contributed by atoms with Crippen LogP contribution in [-0.2, 0) is 4.79 Å². The van der Waals surface area contributed by atoms with Crippen LogP contribution in [0, 0.1) is 0 Å². The molecule has 5 heteroatoms. The highest BCUT2D eigenvalue weighted by molar-refractivity contribution is 6.17. The molecule has 1 aromatic heterocycles. The molecule has 0 spiro atoms. The van der Waals surface area contributed by atoms with Gasteiger partial charge in [0.25, 0.3) is 0 Å². The molecule has 0 aliphatic carbocycles. The van der Waals surface area contributed by atoms with Crippen LogP contribution in [0.25, 0.3) is 0 Å². The first kappa shape index (κ1) is 12.8. The molecule has 0 aliphatic rings. The molecule has 0 saturated heterocycles. The summed E-state index contributed by atoms with van der Waals surface area (Å²) in [4.78, 5) is 15.5. The first-order chi connectivity index (χ1) is 7.77. The van der Waals surface area contributed by atoms with E-state index in [2.05, 4.69) is 10.3 Å². The molecular formula is C11H15ClN2O2. The summed E-state index contributed by atoms with van der Waals surface area (Å²) in [5.41, 5.74) is 0.598. The van der Waals surface area contributed by atoms with Gasteiger partial charge in [-0.05, 0) is 25.0 Å². The number of carbonyl (C=O) groups is 1. The molecule has 4 nitrogen and oxygen atoms in total. The molecule has 1 amide bonds. The molecule has 1 N–H and O–H groups in total. The number of carbonyl (C=O) groups excluding carboxylic acids is 1. The fraction of sp³-hybridized carbons (Fsp3) is 0.455. The minimum Gasteiger partial charge on any atom is -0.480 e. The number of nitrogens with one attached hydrogen (secondary N) is 1. The van der Waals surface area contributed by atoms with Gasteiger partial charge in [0.05, 0.1) is 7.11 Å². The number of pyridine rings is 1. The summed E-state index contributed by atoms with van der Waals surface area (Å²) < 4.78 is 5.02. The minimum atomic E-state index is -0.0450. The van der Waals surface area contributed by atoms with Gasteiger partial charge in [-0.2, -0.15) is 0 Å². The van der Waals surface area contributed by atoms with E-state index in [-0.39, 0.29) is 5.91 Å². The second kappa shape index (κ2) is 7.06. The summed E-state index contributed by atoms with van der Waals surface area (Å²) in [6.07, 6.45) is 3.71. The maximum atomic E-state index is 11.5. The Hall–Kier alpha value is -1.29. The molecule has 88 valence electrons. The summed E-state index contributed by atoms with van der Waals surface area (Å²) in [6.45, 7) is 0. The highest BCUT2D eigenvalue weighted by atomic mass is 35.5. The normalized spacial score (nSPS) is 9.88. The monoisotopic (exact) mass is 242 g/mol. The second-order valence-corrected chi connectivity index (χ2v) is 3.63. The Labute approximate surface area is 100.0 Å². The van der Waals surface area contributed by atoms with Crippen LogP contribution in [0.2, 0.25) is 0 Å². The first-order valence-corrected chi connectivity index (χ1v) is 5.66. The van der Waals surface area contributed by atoms with Gasteiger partial charge in [-0.3, -0.25) is 4.79 Å². The van der Waals surface area contributed by atoms with E-state index in [1.807, 2.05) is 0 Å². The SMILES string of the molecule is COc1ncccc1NC(=O)CCCCCl. The molecule has 0 aliphatic heterocycles. The fourth-order valence-electron chi connectivity index (χ4n) is 1.24. The average Bonchev–Trinajstić information content (AvgIpc) is 2.30. The predicted octanol–water partition coefficient (Wildman–Crippen LogP) is 2.44. The van der Waals surface area contributed by atoms with Gasteiger partial charge in [0, 0.05) is 18.5 Å². The van der Waals surface area contributed by atoms with E-state index >= 15 is 0 Å². The summed E-state index contributed by atoms with van der Waals surface area (Å²) in [5.74, 6) is 0.966. The zero-order valence-corrected chi connectivity index (χ0v) is 9.96. The van der Waals surface area contributed by atoms with Crippen molar-refractivity contribution in [2.75, 3.05) is 18.3 Å². The van der Waals surface area contributed by atoms with Gasteiger partial charge in [0.15, 0.2) is 0 Å². The van der Waals surface area contributed by atoms with Gasteiger partial charge in [-0.15, -0.1) is 11.6 Å². The highest BCUT2D eigenvalue weighted by Crippen LogP contribution is 2.19. The van der Waals surface area contributed by atoms with Crippen LogP contribution < -0.4 is 10.1 Å². The third kappa shape index (κ3) is 4.06. The standard InChI is InChI=1S/C11H15ClN2O2/c1-16-11-9(5-4-8-13-11)14-10(15)6-2-3-7-12/h4-5,8H,2-3,6-7H2,1H3,(H,14,15). The molecule has 0 saturated carbocycles. The highest BCUT2D eigenvalue weighted by Gasteiger charge is 2.07. The Morgan fingerprint density at radius 3 is 3.06 bits per heavy atom. The predicted molar refractivity (Wildman–Crippen MR) is 64.0 cm³/mol. The Kier molecular flexibility index (Phi) is 5.64. The van der Waals surface area contributed by atoms with Crippen molar-refractivity contribution in [1.29, 1.82) is 0 Å². The van der Waals surface area contributed by atoms with Gasteiger partial charge < -0.3 is 10.1 Å². The molecule has 16 heavy (non-hydrogen) atoms. The number of rotatable bonds is 6. The van der Waals surface area contributed by atoms with E-state index in [0.717, 1.165) is 12.8 Å². The van der Waals surface area contributed by atoms with Crippen LogP contribution in [0.5, 0.6) is 5.88 Å². The van der Waals surface area contributed by atoms with Gasteiger partial charge in [-0.1, -0.05) is 0 Å². The lowest BCUT2D eigenvalue weighted by Gasteiger charge is -2.08. The fourth-order valence-corrected chi connectivity index (χ4v) is 1.43. The maximum Gasteiger partial charge on any atom is 0.237 e. The smallest absolute Gasteiger partial charge is 0.237 e. The number of anilines is 1. The number of unbranched alkanes of at least 4 members (excludes halogenated alkanes) is 1. The molecule has 0 radical (unpaired) electrons. The third-order valence-corrected chi connectivity index (χ3v) is 2.29. The van der Waals surface area contributed by atoms with Crippen LogP contribution in [0.4, 0.5) is 5.69 Å². The zero-order valence-electron chi connectivity index (χ0n) is 9.20. The van der Waals surface area contributed by atoms with Crippen LogP contribution in [0.1, 0.15) is 19.3 Å². The van der Waals surface area contributed by atoms with E-state index < -0.39 is 0 Å².